The second-order valence-electron chi connectivity index (χ2n) is 4.91. The molecule has 0 unspecified atom stereocenters. The summed E-state index contributed by atoms with van der Waals surface area (Å²) in [6, 6.07) is 4.28. The van der Waals surface area contributed by atoms with Gasteiger partial charge in [0.15, 0.2) is 0 Å². The normalized spacial score (nSPS) is 15.9. The number of amides is 1. The van der Waals surface area contributed by atoms with Crippen molar-refractivity contribution >= 4 is 5.91 Å². The van der Waals surface area contributed by atoms with Crippen molar-refractivity contribution in [3.05, 3.63) is 29.6 Å². The number of benzene rings is 1. The van der Waals surface area contributed by atoms with Gasteiger partial charge in [0.25, 0.3) is 0 Å². The lowest BCUT2D eigenvalue weighted by Gasteiger charge is -2.14. The van der Waals surface area contributed by atoms with Gasteiger partial charge in [-0.25, -0.2) is 4.39 Å². The molecule has 1 aliphatic carbocycles. The molecule has 1 aromatic rings. The van der Waals surface area contributed by atoms with Crippen LogP contribution < -0.4 is 15.8 Å². The van der Waals surface area contributed by atoms with Gasteiger partial charge in [-0.2, -0.15) is 0 Å². The van der Waals surface area contributed by atoms with E-state index in [-0.39, 0.29) is 24.4 Å². The maximum Gasteiger partial charge on any atom is 0.223 e. The van der Waals surface area contributed by atoms with Crippen molar-refractivity contribution in [1.29, 1.82) is 0 Å². The van der Waals surface area contributed by atoms with E-state index < -0.39 is 0 Å². The Balaban J connectivity index is 1.86. The molecule has 5 heteroatoms. The summed E-state index contributed by atoms with van der Waals surface area (Å²) in [5.74, 6) is 0.189. The summed E-state index contributed by atoms with van der Waals surface area (Å²) in [6.07, 6.45) is 2.44. The molecule has 1 fully saturated rings. The van der Waals surface area contributed by atoms with E-state index in [1.165, 1.54) is 12.1 Å². The predicted molar refractivity (Wildman–Crippen MR) is 70.3 cm³/mol. The van der Waals surface area contributed by atoms with Crippen molar-refractivity contribution < 1.29 is 13.9 Å². The molecule has 1 amide bonds. The van der Waals surface area contributed by atoms with E-state index in [1.807, 2.05) is 0 Å². The minimum absolute atomic E-state index is 0.00745. The highest BCUT2D eigenvalue weighted by molar-refractivity contribution is 5.76. The van der Waals surface area contributed by atoms with E-state index in [2.05, 4.69) is 5.32 Å². The first-order valence-electron chi connectivity index (χ1n) is 6.53. The summed E-state index contributed by atoms with van der Waals surface area (Å²) in [5.41, 5.74) is 6.38. The van der Waals surface area contributed by atoms with Crippen molar-refractivity contribution in [3.8, 4) is 5.75 Å². The fraction of sp³-hybridized carbons (Fsp3) is 0.500. The molecule has 1 saturated carbocycles. The quantitative estimate of drug-likeness (QED) is 0.826. The van der Waals surface area contributed by atoms with Gasteiger partial charge in [0.2, 0.25) is 5.91 Å². The van der Waals surface area contributed by atoms with Crippen molar-refractivity contribution in [3.63, 3.8) is 0 Å². The molecule has 0 heterocycles. The third-order valence-electron chi connectivity index (χ3n) is 2.99. The minimum atomic E-state index is -0.342. The van der Waals surface area contributed by atoms with Crippen LogP contribution in [0.2, 0.25) is 0 Å². The van der Waals surface area contributed by atoms with Crippen LogP contribution in [0, 0.1) is 5.82 Å². The number of rotatable bonds is 6. The molecular weight excluding hydrogens is 247 g/mol. The van der Waals surface area contributed by atoms with Crippen molar-refractivity contribution in [2.75, 3.05) is 6.61 Å². The maximum atomic E-state index is 13.1. The molecule has 19 heavy (non-hydrogen) atoms. The Bertz CT molecular complexity index is 459. The number of hydrogen-bond acceptors (Lipinski definition) is 3. The van der Waals surface area contributed by atoms with Gasteiger partial charge in [0, 0.05) is 17.6 Å². The van der Waals surface area contributed by atoms with Gasteiger partial charge in [-0.3, -0.25) is 4.79 Å². The third-order valence-corrected chi connectivity index (χ3v) is 2.99. The lowest BCUT2D eigenvalue weighted by molar-refractivity contribution is -0.121. The molecule has 3 N–H and O–H groups in total. The van der Waals surface area contributed by atoms with Crippen LogP contribution >= 0.6 is 0 Å². The van der Waals surface area contributed by atoms with Gasteiger partial charge in [-0.1, -0.05) is 0 Å². The average molecular weight is 266 g/mol. The Morgan fingerprint density at radius 1 is 1.58 bits per heavy atom. The second kappa shape index (κ2) is 6.02. The van der Waals surface area contributed by atoms with Crippen LogP contribution in [0.25, 0.3) is 0 Å². The Morgan fingerprint density at radius 2 is 2.32 bits per heavy atom. The maximum absolute atomic E-state index is 13.1. The van der Waals surface area contributed by atoms with Crippen LogP contribution in [0.3, 0.4) is 0 Å². The molecule has 1 aliphatic rings. The number of halogens is 1. The molecule has 104 valence electrons. The first kappa shape index (κ1) is 13.8. The standard InChI is InChI=1S/C14H19FN2O2/c1-9(16)12-8-10(15)2-5-13(12)19-7-6-14(18)17-11-3-4-11/h2,5,8-9,11H,3-4,6-7,16H2,1H3,(H,17,18)/t9-/m0/s1. The van der Waals surface area contributed by atoms with Gasteiger partial charge < -0.3 is 15.8 Å². The highest BCUT2D eigenvalue weighted by Crippen LogP contribution is 2.25. The summed E-state index contributed by atoms with van der Waals surface area (Å²) in [5, 5.41) is 2.88. The van der Waals surface area contributed by atoms with Gasteiger partial charge in [0.05, 0.1) is 13.0 Å². The number of nitrogens with two attached hydrogens (primary N) is 1. The molecule has 1 aromatic carbocycles. The molecular formula is C14H19FN2O2. The van der Waals surface area contributed by atoms with Gasteiger partial charge in [-0.05, 0) is 38.0 Å². The lowest BCUT2D eigenvalue weighted by atomic mass is 10.1. The number of carbonyl (C=O) groups is 1. The van der Waals surface area contributed by atoms with E-state index in [1.54, 1.807) is 13.0 Å². The van der Waals surface area contributed by atoms with Crippen LogP contribution in [0.1, 0.15) is 37.8 Å². The highest BCUT2D eigenvalue weighted by Gasteiger charge is 2.22. The second-order valence-corrected chi connectivity index (χ2v) is 4.91. The van der Waals surface area contributed by atoms with E-state index in [0.717, 1.165) is 12.8 Å². The molecule has 0 aliphatic heterocycles. The van der Waals surface area contributed by atoms with Gasteiger partial charge in [-0.15, -0.1) is 0 Å². The lowest BCUT2D eigenvalue weighted by Crippen LogP contribution is -2.26. The summed E-state index contributed by atoms with van der Waals surface area (Å²) >= 11 is 0. The molecule has 0 radical (unpaired) electrons. The molecule has 0 saturated heterocycles. The zero-order valence-electron chi connectivity index (χ0n) is 11.0. The summed E-state index contributed by atoms with van der Waals surface area (Å²) < 4.78 is 18.7. The molecule has 0 aromatic heterocycles. The third kappa shape index (κ3) is 4.21. The number of hydrogen-bond donors (Lipinski definition) is 2. The van der Waals surface area contributed by atoms with Crippen LogP contribution in [0.15, 0.2) is 18.2 Å². The topological polar surface area (TPSA) is 64.3 Å². The van der Waals surface area contributed by atoms with Crippen LogP contribution in [0.5, 0.6) is 5.75 Å². The summed E-state index contributed by atoms with van der Waals surface area (Å²) in [4.78, 5) is 11.5. The first-order chi connectivity index (χ1) is 9.06. The summed E-state index contributed by atoms with van der Waals surface area (Å²) in [7, 11) is 0. The van der Waals surface area contributed by atoms with Gasteiger partial charge >= 0.3 is 0 Å². The number of ether oxygens (including phenoxy) is 1. The zero-order chi connectivity index (χ0) is 13.8. The smallest absolute Gasteiger partial charge is 0.223 e. The van der Waals surface area contributed by atoms with Crippen LogP contribution in [0.4, 0.5) is 4.39 Å². The molecule has 2 rings (SSSR count). The monoisotopic (exact) mass is 266 g/mol. The van der Waals surface area contributed by atoms with Crippen LogP contribution in [-0.2, 0) is 4.79 Å². The highest BCUT2D eigenvalue weighted by atomic mass is 19.1. The zero-order valence-corrected chi connectivity index (χ0v) is 11.0. The fourth-order valence-corrected chi connectivity index (χ4v) is 1.79. The SMILES string of the molecule is C[C@H](N)c1cc(F)ccc1OCCC(=O)NC1CC1. The molecule has 1 atom stereocenters. The number of nitrogens with one attached hydrogen (secondary N) is 1. The van der Waals surface area contributed by atoms with E-state index in [0.29, 0.717) is 23.8 Å². The first-order valence-corrected chi connectivity index (χ1v) is 6.53. The van der Waals surface area contributed by atoms with Crippen LogP contribution in [-0.4, -0.2) is 18.6 Å². The van der Waals surface area contributed by atoms with Crippen molar-refractivity contribution in [1.82, 2.24) is 5.32 Å². The van der Waals surface area contributed by atoms with Gasteiger partial charge in [0.1, 0.15) is 11.6 Å². The molecule has 0 spiro atoms. The molecule has 4 nitrogen and oxygen atoms in total. The predicted octanol–water partition coefficient (Wildman–Crippen LogP) is 1.89. The Hall–Kier alpha value is -1.62. The number of carbonyl (C=O) groups excluding carboxylic acids is 1. The molecule has 0 bridgehead atoms. The Labute approximate surface area is 112 Å². The minimum Gasteiger partial charge on any atom is -0.493 e. The Kier molecular flexibility index (Phi) is 4.37. The van der Waals surface area contributed by atoms with E-state index in [4.69, 9.17) is 10.5 Å². The summed E-state index contributed by atoms with van der Waals surface area (Å²) in [6.45, 7) is 2.03. The largest absolute Gasteiger partial charge is 0.493 e. The van der Waals surface area contributed by atoms with E-state index in [9.17, 15) is 9.18 Å². The van der Waals surface area contributed by atoms with Crippen molar-refractivity contribution in [2.45, 2.75) is 38.3 Å². The Morgan fingerprint density at radius 3 is 2.95 bits per heavy atom. The fourth-order valence-electron chi connectivity index (χ4n) is 1.79. The van der Waals surface area contributed by atoms with Crippen molar-refractivity contribution in [2.24, 2.45) is 5.73 Å². The average Bonchev–Trinajstić information content (AvgIpc) is 3.14. The van der Waals surface area contributed by atoms with E-state index >= 15 is 0 Å².